The largest absolute Gasteiger partial charge is 0.390 e. The fourth-order valence-corrected chi connectivity index (χ4v) is 3.45. The van der Waals surface area contributed by atoms with Crippen LogP contribution in [0.15, 0.2) is 0 Å². The lowest BCUT2D eigenvalue weighted by Crippen LogP contribution is -2.28. The molecule has 0 aromatic rings. The monoisotopic (exact) mass is 262 g/mol. The first-order valence-electron chi connectivity index (χ1n) is 6.80. The second kappa shape index (κ2) is 6.19. The molecule has 0 amide bonds. The number of aliphatic hydroxyl groups is 1. The van der Waals surface area contributed by atoms with Crippen molar-refractivity contribution in [3.8, 4) is 0 Å². The first kappa shape index (κ1) is 15.0. The van der Waals surface area contributed by atoms with Gasteiger partial charge < -0.3 is 5.11 Å². The minimum Gasteiger partial charge on any atom is -0.390 e. The minimum absolute atomic E-state index is 0.211. The summed E-state index contributed by atoms with van der Waals surface area (Å²) >= 11 is 0. The Hall–Kier alpha value is -0.0900. The maximum atomic E-state index is 11.4. The van der Waals surface area contributed by atoms with E-state index < -0.39 is 15.4 Å². The van der Waals surface area contributed by atoms with E-state index in [-0.39, 0.29) is 11.5 Å². The van der Waals surface area contributed by atoms with Crippen LogP contribution in [-0.4, -0.2) is 30.6 Å². The maximum Gasteiger partial charge on any atom is 0.150 e. The van der Waals surface area contributed by atoms with E-state index >= 15 is 0 Å². The van der Waals surface area contributed by atoms with Gasteiger partial charge in [-0.3, -0.25) is 0 Å². The molecule has 0 saturated heterocycles. The molecule has 17 heavy (non-hydrogen) atoms. The van der Waals surface area contributed by atoms with Gasteiger partial charge in [-0.2, -0.15) is 0 Å². The molecular formula is C13H26O3S. The molecule has 1 aliphatic rings. The summed E-state index contributed by atoms with van der Waals surface area (Å²) in [5, 5.41) is 10.4. The Kier molecular flexibility index (Phi) is 5.45. The summed E-state index contributed by atoms with van der Waals surface area (Å²) in [5.74, 6) is 1.13. The SMILES string of the molecule is CCS(=O)(=O)CCCC1(O)CCCC(C)CC1. The van der Waals surface area contributed by atoms with Crippen molar-refractivity contribution < 1.29 is 13.5 Å². The van der Waals surface area contributed by atoms with Crippen molar-refractivity contribution in [2.24, 2.45) is 5.92 Å². The van der Waals surface area contributed by atoms with Crippen molar-refractivity contribution in [2.45, 2.75) is 64.4 Å². The Morgan fingerprint density at radius 2 is 2.00 bits per heavy atom. The molecule has 3 nitrogen and oxygen atoms in total. The summed E-state index contributed by atoms with van der Waals surface area (Å²) < 4.78 is 22.8. The van der Waals surface area contributed by atoms with Crippen molar-refractivity contribution in [2.75, 3.05) is 11.5 Å². The maximum absolute atomic E-state index is 11.4. The predicted octanol–water partition coefficient (Wildman–Crippen LogP) is 2.53. The van der Waals surface area contributed by atoms with E-state index in [2.05, 4.69) is 6.92 Å². The number of hydrogen-bond acceptors (Lipinski definition) is 3. The van der Waals surface area contributed by atoms with Crippen molar-refractivity contribution in [3.05, 3.63) is 0 Å². The molecule has 0 radical (unpaired) electrons. The van der Waals surface area contributed by atoms with E-state index in [4.69, 9.17) is 0 Å². The van der Waals surface area contributed by atoms with Crippen LogP contribution in [0, 0.1) is 5.92 Å². The average molecular weight is 262 g/mol. The van der Waals surface area contributed by atoms with Gasteiger partial charge in [-0.15, -0.1) is 0 Å². The van der Waals surface area contributed by atoms with E-state index in [1.807, 2.05) is 0 Å². The molecule has 102 valence electrons. The van der Waals surface area contributed by atoms with Crippen LogP contribution in [0.1, 0.15) is 58.8 Å². The van der Waals surface area contributed by atoms with Gasteiger partial charge in [0.05, 0.1) is 11.4 Å². The van der Waals surface area contributed by atoms with Gasteiger partial charge in [0.15, 0.2) is 0 Å². The van der Waals surface area contributed by atoms with Crippen LogP contribution in [0.5, 0.6) is 0 Å². The van der Waals surface area contributed by atoms with Crippen LogP contribution in [0.3, 0.4) is 0 Å². The zero-order valence-electron chi connectivity index (χ0n) is 11.1. The average Bonchev–Trinajstić information content (AvgIpc) is 2.41. The molecule has 0 heterocycles. The van der Waals surface area contributed by atoms with Crippen molar-refractivity contribution in [1.29, 1.82) is 0 Å². The standard InChI is InChI=1S/C13H26O3S/c1-3-17(15,16)11-5-9-13(14)8-4-6-12(2)7-10-13/h12,14H,3-11H2,1-2H3. The quantitative estimate of drug-likeness (QED) is 0.775. The first-order valence-corrected chi connectivity index (χ1v) is 8.62. The molecule has 1 rings (SSSR count). The zero-order chi connectivity index (χ0) is 12.9. The molecular weight excluding hydrogens is 236 g/mol. The number of hydrogen-bond donors (Lipinski definition) is 1. The molecule has 0 aliphatic heterocycles. The highest BCUT2D eigenvalue weighted by molar-refractivity contribution is 7.91. The first-order chi connectivity index (χ1) is 7.87. The molecule has 0 bridgehead atoms. The van der Waals surface area contributed by atoms with Gasteiger partial charge in [0.2, 0.25) is 0 Å². The lowest BCUT2D eigenvalue weighted by Gasteiger charge is -2.26. The second-order valence-corrected chi connectivity index (χ2v) is 8.07. The lowest BCUT2D eigenvalue weighted by molar-refractivity contribution is 0.0151. The summed E-state index contributed by atoms with van der Waals surface area (Å²) in [6.07, 6.45) is 6.23. The van der Waals surface area contributed by atoms with Crippen LogP contribution < -0.4 is 0 Å². The Labute approximate surface area is 106 Å². The molecule has 1 N–H and O–H groups in total. The highest BCUT2D eigenvalue weighted by atomic mass is 32.2. The zero-order valence-corrected chi connectivity index (χ0v) is 11.9. The van der Waals surface area contributed by atoms with Crippen LogP contribution in [-0.2, 0) is 9.84 Å². The van der Waals surface area contributed by atoms with Gasteiger partial charge in [0, 0.05) is 5.75 Å². The van der Waals surface area contributed by atoms with E-state index in [0.29, 0.717) is 18.8 Å². The number of rotatable bonds is 5. The molecule has 1 fully saturated rings. The van der Waals surface area contributed by atoms with Gasteiger partial charge in [0.1, 0.15) is 9.84 Å². The van der Waals surface area contributed by atoms with Crippen molar-refractivity contribution in [3.63, 3.8) is 0 Å². The Bertz CT molecular complexity index is 324. The summed E-state index contributed by atoms with van der Waals surface area (Å²) in [5.41, 5.74) is -0.603. The Morgan fingerprint density at radius 3 is 2.65 bits per heavy atom. The Balaban J connectivity index is 2.39. The van der Waals surface area contributed by atoms with Gasteiger partial charge in [0.25, 0.3) is 0 Å². The Morgan fingerprint density at radius 1 is 1.29 bits per heavy atom. The van der Waals surface area contributed by atoms with Crippen LogP contribution in [0.4, 0.5) is 0 Å². The molecule has 2 unspecified atom stereocenters. The minimum atomic E-state index is -2.88. The fraction of sp³-hybridized carbons (Fsp3) is 1.00. The molecule has 4 heteroatoms. The third kappa shape index (κ3) is 5.38. The topological polar surface area (TPSA) is 54.4 Å². The molecule has 0 spiro atoms. The normalized spacial score (nSPS) is 31.1. The smallest absolute Gasteiger partial charge is 0.150 e. The molecule has 1 saturated carbocycles. The summed E-state index contributed by atoms with van der Waals surface area (Å²) in [7, 11) is -2.88. The van der Waals surface area contributed by atoms with Crippen LogP contribution >= 0.6 is 0 Å². The van der Waals surface area contributed by atoms with E-state index in [1.165, 1.54) is 6.42 Å². The molecule has 0 aromatic carbocycles. The highest BCUT2D eigenvalue weighted by Crippen LogP contribution is 2.33. The van der Waals surface area contributed by atoms with Crippen molar-refractivity contribution >= 4 is 9.84 Å². The fourth-order valence-electron chi connectivity index (χ4n) is 2.58. The van der Waals surface area contributed by atoms with Gasteiger partial charge in [-0.25, -0.2) is 8.42 Å². The lowest BCUT2D eigenvalue weighted by atomic mass is 9.89. The van der Waals surface area contributed by atoms with Gasteiger partial charge in [-0.05, 0) is 38.0 Å². The summed E-state index contributed by atoms with van der Waals surface area (Å²) in [4.78, 5) is 0. The van der Waals surface area contributed by atoms with Crippen LogP contribution in [0.25, 0.3) is 0 Å². The molecule has 0 aromatic heterocycles. The van der Waals surface area contributed by atoms with E-state index in [1.54, 1.807) is 6.92 Å². The van der Waals surface area contributed by atoms with E-state index in [9.17, 15) is 13.5 Å². The van der Waals surface area contributed by atoms with E-state index in [0.717, 1.165) is 25.7 Å². The summed E-state index contributed by atoms with van der Waals surface area (Å²) in [6.45, 7) is 3.91. The number of sulfone groups is 1. The third-order valence-corrected chi connectivity index (χ3v) is 5.77. The van der Waals surface area contributed by atoms with Gasteiger partial charge >= 0.3 is 0 Å². The molecule has 2 atom stereocenters. The van der Waals surface area contributed by atoms with Gasteiger partial charge in [-0.1, -0.05) is 26.7 Å². The predicted molar refractivity (Wildman–Crippen MR) is 70.8 cm³/mol. The highest BCUT2D eigenvalue weighted by Gasteiger charge is 2.29. The third-order valence-electron chi connectivity index (χ3n) is 3.98. The summed E-state index contributed by atoms with van der Waals surface area (Å²) in [6, 6.07) is 0. The van der Waals surface area contributed by atoms with Crippen LogP contribution in [0.2, 0.25) is 0 Å². The second-order valence-electron chi connectivity index (χ2n) is 5.60. The van der Waals surface area contributed by atoms with Crippen molar-refractivity contribution in [1.82, 2.24) is 0 Å². The molecule has 1 aliphatic carbocycles.